The number of amides is 1. The molecule has 0 N–H and O–H groups in total. The predicted molar refractivity (Wildman–Crippen MR) is 84.3 cm³/mol. The van der Waals surface area contributed by atoms with E-state index in [-0.39, 0.29) is 5.91 Å². The smallest absolute Gasteiger partial charge is 0.253 e. The van der Waals surface area contributed by atoms with Gasteiger partial charge in [-0.15, -0.1) is 0 Å². The number of rotatable bonds is 2. The number of hydrogen-bond acceptors (Lipinski definition) is 1. The first kappa shape index (κ1) is 14.5. The van der Waals surface area contributed by atoms with Crippen LogP contribution in [0.15, 0.2) is 27.1 Å². The molecule has 0 aromatic heterocycles. The summed E-state index contributed by atoms with van der Waals surface area (Å²) in [5.74, 6) is 0.841. The van der Waals surface area contributed by atoms with Crippen LogP contribution in [0.3, 0.4) is 0 Å². The molecule has 0 unspecified atom stereocenters. The van der Waals surface area contributed by atoms with Crippen molar-refractivity contribution in [1.82, 2.24) is 4.90 Å². The van der Waals surface area contributed by atoms with Crippen LogP contribution in [0.25, 0.3) is 0 Å². The molecule has 1 saturated heterocycles. The zero-order valence-electron chi connectivity index (χ0n) is 9.83. The molecular formula is C13H14Br3NO. The third-order valence-electron chi connectivity index (χ3n) is 3.23. The van der Waals surface area contributed by atoms with Gasteiger partial charge in [-0.25, -0.2) is 0 Å². The molecule has 0 aliphatic carbocycles. The van der Waals surface area contributed by atoms with Crippen molar-refractivity contribution in [2.75, 3.05) is 18.4 Å². The predicted octanol–water partition coefficient (Wildman–Crippen LogP) is 4.46. The molecule has 0 spiro atoms. The van der Waals surface area contributed by atoms with E-state index in [2.05, 4.69) is 47.8 Å². The molecule has 2 nitrogen and oxygen atoms in total. The average molecular weight is 440 g/mol. The first-order chi connectivity index (χ1) is 8.60. The molecule has 2 rings (SSSR count). The molecule has 0 atom stereocenters. The molecule has 18 heavy (non-hydrogen) atoms. The summed E-state index contributed by atoms with van der Waals surface area (Å²) >= 11 is 10.4. The molecule has 0 saturated carbocycles. The number of alkyl halides is 1. The standard InChI is InChI=1S/C13H14Br3NO/c14-8-9-1-3-17(4-2-9)13(18)10-5-11(15)7-12(16)6-10/h5-7,9H,1-4,8H2. The van der Waals surface area contributed by atoms with E-state index in [4.69, 9.17) is 0 Å². The van der Waals surface area contributed by atoms with Crippen LogP contribution in [-0.2, 0) is 0 Å². The first-order valence-corrected chi connectivity index (χ1v) is 8.62. The van der Waals surface area contributed by atoms with Gasteiger partial charge in [0.05, 0.1) is 0 Å². The van der Waals surface area contributed by atoms with Gasteiger partial charge in [0.1, 0.15) is 0 Å². The van der Waals surface area contributed by atoms with Crippen molar-refractivity contribution in [1.29, 1.82) is 0 Å². The van der Waals surface area contributed by atoms with Gasteiger partial charge in [0.2, 0.25) is 0 Å². The Kier molecular flexibility index (Phi) is 5.27. The molecule has 1 amide bonds. The van der Waals surface area contributed by atoms with Crippen LogP contribution in [0.2, 0.25) is 0 Å². The largest absolute Gasteiger partial charge is 0.339 e. The number of carbonyl (C=O) groups excluding carboxylic acids is 1. The summed E-state index contributed by atoms with van der Waals surface area (Å²) in [7, 11) is 0. The molecule has 1 aromatic rings. The number of carbonyl (C=O) groups is 1. The second-order valence-corrected chi connectivity index (χ2v) is 7.03. The van der Waals surface area contributed by atoms with Gasteiger partial charge in [0, 0.05) is 32.9 Å². The fourth-order valence-corrected chi connectivity index (χ4v) is 4.09. The number of halogens is 3. The molecule has 1 aliphatic rings. The van der Waals surface area contributed by atoms with Crippen molar-refractivity contribution >= 4 is 53.7 Å². The van der Waals surface area contributed by atoms with Crippen LogP contribution >= 0.6 is 47.8 Å². The van der Waals surface area contributed by atoms with Gasteiger partial charge >= 0.3 is 0 Å². The van der Waals surface area contributed by atoms with Crippen molar-refractivity contribution in [2.45, 2.75) is 12.8 Å². The summed E-state index contributed by atoms with van der Waals surface area (Å²) in [6, 6.07) is 5.70. The van der Waals surface area contributed by atoms with E-state index in [0.29, 0.717) is 5.92 Å². The Morgan fingerprint density at radius 2 is 1.72 bits per heavy atom. The molecule has 98 valence electrons. The number of piperidine rings is 1. The van der Waals surface area contributed by atoms with E-state index in [9.17, 15) is 4.79 Å². The molecule has 1 fully saturated rings. The van der Waals surface area contributed by atoms with Crippen LogP contribution in [0.1, 0.15) is 23.2 Å². The van der Waals surface area contributed by atoms with Gasteiger partial charge in [0.25, 0.3) is 5.91 Å². The molecule has 0 bridgehead atoms. The van der Waals surface area contributed by atoms with E-state index in [1.165, 1.54) is 0 Å². The van der Waals surface area contributed by atoms with Crippen LogP contribution in [0.4, 0.5) is 0 Å². The topological polar surface area (TPSA) is 20.3 Å². The van der Waals surface area contributed by atoms with Crippen LogP contribution in [-0.4, -0.2) is 29.2 Å². The highest BCUT2D eigenvalue weighted by atomic mass is 79.9. The van der Waals surface area contributed by atoms with E-state index >= 15 is 0 Å². The zero-order valence-corrected chi connectivity index (χ0v) is 14.6. The van der Waals surface area contributed by atoms with Crippen LogP contribution in [0.5, 0.6) is 0 Å². The average Bonchev–Trinajstić information content (AvgIpc) is 2.37. The summed E-state index contributed by atoms with van der Waals surface area (Å²) in [6.07, 6.45) is 2.18. The SMILES string of the molecule is O=C(c1cc(Br)cc(Br)c1)N1CCC(CBr)CC1. The summed E-state index contributed by atoms with van der Waals surface area (Å²) in [5, 5.41) is 1.04. The van der Waals surface area contributed by atoms with Crippen molar-refractivity contribution in [3.8, 4) is 0 Å². The summed E-state index contributed by atoms with van der Waals surface area (Å²) in [6.45, 7) is 1.72. The lowest BCUT2D eigenvalue weighted by Crippen LogP contribution is -2.38. The normalized spacial score (nSPS) is 16.9. The van der Waals surface area contributed by atoms with Gasteiger partial charge in [-0.3, -0.25) is 4.79 Å². The van der Waals surface area contributed by atoms with Crippen LogP contribution < -0.4 is 0 Å². The minimum atomic E-state index is 0.130. The van der Waals surface area contributed by atoms with E-state index < -0.39 is 0 Å². The highest BCUT2D eigenvalue weighted by Crippen LogP contribution is 2.24. The van der Waals surface area contributed by atoms with E-state index in [1.807, 2.05) is 23.1 Å². The summed E-state index contributed by atoms with van der Waals surface area (Å²) in [4.78, 5) is 14.3. The van der Waals surface area contributed by atoms with Gasteiger partial charge in [-0.05, 0) is 37.0 Å². The molecular weight excluding hydrogens is 426 g/mol. The minimum absolute atomic E-state index is 0.130. The van der Waals surface area contributed by atoms with Gasteiger partial charge in [0.15, 0.2) is 0 Å². The molecule has 0 radical (unpaired) electrons. The lowest BCUT2D eigenvalue weighted by Gasteiger charge is -2.31. The maximum absolute atomic E-state index is 12.4. The summed E-state index contributed by atoms with van der Waals surface area (Å²) in [5.41, 5.74) is 0.744. The maximum atomic E-state index is 12.4. The quantitative estimate of drug-likeness (QED) is 0.623. The maximum Gasteiger partial charge on any atom is 0.253 e. The first-order valence-electron chi connectivity index (χ1n) is 5.91. The monoisotopic (exact) mass is 437 g/mol. The van der Waals surface area contributed by atoms with Gasteiger partial charge in [-0.1, -0.05) is 47.8 Å². The number of benzene rings is 1. The number of nitrogens with zero attached hydrogens (tertiary/aromatic N) is 1. The van der Waals surface area contributed by atoms with Gasteiger partial charge in [-0.2, -0.15) is 0 Å². The molecule has 1 aliphatic heterocycles. The minimum Gasteiger partial charge on any atom is -0.339 e. The highest BCUT2D eigenvalue weighted by Gasteiger charge is 2.23. The molecule has 1 aromatic carbocycles. The Labute approximate surface area is 133 Å². The van der Waals surface area contributed by atoms with Crippen molar-refractivity contribution in [3.63, 3.8) is 0 Å². The second-order valence-electron chi connectivity index (χ2n) is 4.55. The Hall–Kier alpha value is 0.130. The third-order valence-corrected chi connectivity index (χ3v) is 5.06. The highest BCUT2D eigenvalue weighted by molar-refractivity contribution is 9.11. The summed E-state index contributed by atoms with van der Waals surface area (Å²) < 4.78 is 1.85. The zero-order chi connectivity index (χ0) is 13.1. The molecule has 5 heteroatoms. The Balaban J connectivity index is 2.07. The van der Waals surface area contributed by atoms with Crippen molar-refractivity contribution in [3.05, 3.63) is 32.7 Å². The fraction of sp³-hybridized carbons (Fsp3) is 0.462. The van der Waals surface area contributed by atoms with E-state index in [0.717, 1.165) is 45.8 Å². The number of hydrogen-bond donors (Lipinski definition) is 0. The Morgan fingerprint density at radius 1 is 1.17 bits per heavy atom. The van der Waals surface area contributed by atoms with Crippen molar-refractivity contribution < 1.29 is 4.79 Å². The van der Waals surface area contributed by atoms with Crippen LogP contribution in [0, 0.1) is 5.92 Å². The lowest BCUT2D eigenvalue weighted by molar-refractivity contribution is 0.0699. The lowest BCUT2D eigenvalue weighted by atomic mass is 9.98. The van der Waals surface area contributed by atoms with Gasteiger partial charge < -0.3 is 4.90 Å². The fourth-order valence-electron chi connectivity index (χ4n) is 2.15. The third kappa shape index (κ3) is 3.58. The number of likely N-dealkylation sites (tertiary alicyclic amines) is 1. The van der Waals surface area contributed by atoms with E-state index in [1.54, 1.807) is 0 Å². The second kappa shape index (κ2) is 6.53. The Bertz CT molecular complexity index is 422. The molecule has 1 heterocycles. The van der Waals surface area contributed by atoms with Crippen molar-refractivity contribution in [2.24, 2.45) is 5.92 Å². The Morgan fingerprint density at radius 3 is 2.22 bits per heavy atom.